The minimum Gasteiger partial charge on any atom is -0.478 e. The number of aliphatic carboxylic acids is 1. The molecule has 1 aliphatic heterocycles. The van der Waals surface area contributed by atoms with Gasteiger partial charge in [0.1, 0.15) is 0 Å². The Balaban J connectivity index is 2.24. The maximum Gasteiger partial charge on any atom is 0.328 e. The number of carboxylic acid groups (broad SMARTS) is 1. The third-order valence-corrected chi connectivity index (χ3v) is 4.27. The predicted molar refractivity (Wildman–Crippen MR) is 87.7 cm³/mol. The van der Waals surface area contributed by atoms with Gasteiger partial charge < -0.3 is 14.7 Å². The molecule has 0 amide bonds. The summed E-state index contributed by atoms with van der Waals surface area (Å²) in [7, 11) is 0. The summed E-state index contributed by atoms with van der Waals surface area (Å²) >= 11 is 3.60. The zero-order valence-corrected chi connectivity index (χ0v) is 13.8. The van der Waals surface area contributed by atoms with Crippen molar-refractivity contribution in [3.8, 4) is 0 Å². The number of benzene rings is 1. The van der Waals surface area contributed by atoms with Crippen molar-refractivity contribution >= 4 is 33.7 Å². The quantitative estimate of drug-likeness (QED) is 0.841. The molecular weight excluding hydrogens is 334 g/mol. The first kappa shape index (κ1) is 16.0. The van der Waals surface area contributed by atoms with Crippen molar-refractivity contribution in [2.24, 2.45) is 0 Å². The Labute approximate surface area is 133 Å². The van der Waals surface area contributed by atoms with Crippen molar-refractivity contribution in [1.82, 2.24) is 0 Å². The highest BCUT2D eigenvalue weighted by molar-refractivity contribution is 9.10. The number of carboxylic acids is 1. The Bertz CT molecular complexity index is 544. The lowest BCUT2D eigenvalue weighted by molar-refractivity contribution is -0.131. The molecule has 2 rings (SSSR count). The normalized spacial score (nSPS) is 22.7. The summed E-state index contributed by atoms with van der Waals surface area (Å²) in [5.41, 5.74) is 1.99. The van der Waals surface area contributed by atoms with E-state index in [1.54, 1.807) is 6.08 Å². The van der Waals surface area contributed by atoms with Gasteiger partial charge in [0.15, 0.2) is 0 Å². The van der Waals surface area contributed by atoms with Crippen LogP contribution in [0.2, 0.25) is 0 Å². The molecule has 4 nitrogen and oxygen atoms in total. The standard InChI is InChI=1S/C16H20BrNO3/c1-3-13-10-21-11(2)9-18(13)15-6-4-12(8-14(15)17)5-7-16(19)20/h4-8,11,13H,3,9-10H2,1-2H3,(H,19,20)/b7-5+. The lowest BCUT2D eigenvalue weighted by atomic mass is 10.1. The van der Waals surface area contributed by atoms with Crippen LogP contribution in [0.5, 0.6) is 0 Å². The van der Waals surface area contributed by atoms with Gasteiger partial charge in [0, 0.05) is 17.1 Å². The number of rotatable bonds is 4. The van der Waals surface area contributed by atoms with Crippen LogP contribution in [-0.4, -0.2) is 36.4 Å². The van der Waals surface area contributed by atoms with Crippen LogP contribution in [0.25, 0.3) is 6.08 Å². The van der Waals surface area contributed by atoms with Crippen LogP contribution in [0.3, 0.4) is 0 Å². The summed E-state index contributed by atoms with van der Waals surface area (Å²) in [5.74, 6) is -0.941. The maximum atomic E-state index is 10.6. The Hall–Kier alpha value is -1.33. The van der Waals surface area contributed by atoms with Gasteiger partial charge in [0.05, 0.1) is 24.4 Å². The molecule has 1 N–H and O–H groups in total. The Kier molecular flexibility index (Phi) is 5.42. The molecule has 21 heavy (non-hydrogen) atoms. The fourth-order valence-electron chi connectivity index (χ4n) is 2.50. The lowest BCUT2D eigenvalue weighted by Crippen LogP contribution is -2.48. The minimum absolute atomic E-state index is 0.214. The van der Waals surface area contributed by atoms with Crippen LogP contribution >= 0.6 is 15.9 Å². The van der Waals surface area contributed by atoms with Gasteiger partial charge in [-0.05, 0) is 53.0 Å². The van der Waals surface area contributed by atoms with Crippen LogP contribution in [0.4, 0.5) is 5.69 Å². The van der Waals surface area contributed by atoms with Crippen molar-refractivity contribution < 1.29 is 14.6 Å². The lowest BCUT2D eigenvalue weighted by Gasteiger charge is -2.40. The van der Waals surface area contributed by atoms with Crippen LogP contribution in [-0.2, 0) is 9.53 Å². The highest BCUT2D eigenvalue weighted by Crippen LogP contribution is 2.32. The SMILES string of the molecule is CCC1COC(C)CN1c1ccc(/C=C/C(=O)O)cc1Br. The zero-order chi connectivity index (χ0) is 15.4. The molecular formula is C16H20BrNO3. The molecule has 1 aliphatic rings. The first-order valence-corrected chi connectivity index (χ1v) is 7.89. The third-order valence-electron chi connectivity index (χ3n) is 3.64. The van der Waals surface area contributed by atoms with E-state index in [-0.39, 0.29) is 6.10 Å². The van der Waals surface area contributed by atoms with Gasteiger partial charge in [-0.15, -0.1) is 0 Å². The van der Waals surface area contributed by atoms with E-state index in [0.717, 1.165) is 41.4 Å². The van der Waals surface area contributed by atoms with E-state index in [1.807, 2.05) is 18.2 Å². The van der Waals surface area contributed by atoms with Crippen molar-refractivity contribution in [2.45, 2.75) is 32.4 Å². The molecule has 0 spiro atoms. The second-order valence-corrected chi connectivity index (χ2v) is 6.10. The molecule has 0 aliphatic carbocycles. The van der Waals surface area contributed by atoms with Crippen LogP contribution in [0.1, 0.15) is 25.8 Å². The van der Waals surface area contributed by atoms with Gasteiger partial charge in [-0.1, -0.05) is 13.0 Å². The second kappa shape index (κ2) is 7.09. The van der Waals surface area contributed by atoms with E-state index >= 15 is 0 Å². The average Bonchev–Trinajstić information content (AvgIpc) is 2.45. The summed E-state index contributed by atoms with van der Waals surface area (Å²) < 4.78 is 6.70. The average molecular weight is 354 g/mol. The molecule has 2 atom stereocenters. The Morgan fingerprint density at radius 3 is 2.95 bits per heavy atom. The fourth-order valence-corrected chi connectivity index (χ4v) is 3.13. The van der Waals surface area contributed by atoms with Crippen molar-refractivity contribution in [2.75, 3.05) is 18.1 Å². The molecule has 1 aromatic rings. The van der Waals surface area contributed by atoms with Gasteiger partial charge >= 0.3 is 5.97 Å². The molecule has 114 valence electrons. The largest absolute Gasteiger partial charge is 0.478 e. The van der Waals surface area contributed by atoms with Crippen molar-refractivity contribution in [3.63, 3.8) is 0 Å². The number of halogens is 1. The number of morpholine rings is 1. The van der Waals surface area contributed by atoms with Gasteiger partial charge in [-0.25, -0.2) is 4.79 Å². The molecule has 0 radical (unpaired) electrons. The zero-order valence-electron chi connectivity index (χ0n) is 12.3. The summed E-state index contributed by atoms with van der Waals surface area (Å²) in [6.07, 6.45) is 3.98. The summed E-state index contributed by atoms with van der Waals surface area (Å²) in [6, 6.07) is 6.29. The highest BCUT2D eigenvalue weighted by Gasteiger charge is 2.26. The van der Waals surface area contributed by atoms with E-state index in [9.17, 15) is 4.79 Å². The Morgan fingerprint density at radius 1 is 1.57 bits per heavy atom. The van der Waals surface area contributed by atoms with Gasteiger partial charge in [-0.2, -0.15) is 0 Å². The maximum absolute atomic E-state index is 10.6. The summed E-state index contributed by atoms with van der Waals surface area (Å²) in [6.45, 7) is 5.85. The molecule has 1 saturated heterocycles. The second-order valence-electron chi connectivity index (χ2n) is 5.24. The molecule has 1 heterocycles. The number of hydrogen-bond acceptors (Lipinski definition) is 3. The molecule has 2 unspecified atom stereocenters. The van der Waals surface area contributed by atoms with E-state index in [1.165, 1.54) is 0 Å². The van der Waals surface area contributed by atoms with E-state index < -0.39 is 5.97 Å². The number of ether oxygens (including phenoxy) is 1. The first-order valence-electron chi connectivity index (χ1n) is 7.10. The minimum atomic E-state index is -0.941. The number of nitrogens with zero attached hydrogens (tertiary/aromatic N) is 1. The topological polar surface area (TPSA) is 49.8 Å². The molecule has 1 aromatic carbocycles. The van der Waals surface area contributed by atoms with Gasteiger partial charge in [0.25, 0.3) is 0 Å². The van der Waals surface area contributed by atoms with Gasteiger partial charge in [-0.3, -0.25) is 0 Å². The van der Waals surface area contributed by atoms with E-state index in [2.05, 4.69) is 34.7 Å². The predicted octanol–water partition coefficient (Wildman–Crippen LogP) is 3.55. The first-order chi connectivity index (χ1) is 10.0. The van der Waals surface area contributed by atoms with E-state index in [0.29, 0.717) is 6.04 Å². The van der Waals surface area contributed by atoms with E-state index in [4.69, 9.17) is 9.84 Å². The van der Waals surface area contributed by atoms with Crippen molar-refractivity contribution in [1.29, 1.82) is 0 Å². The summed E-state index contributed by atoms with van der Waals surface area (Å²) in [4.78, 5) is 12.9. The summed E-state index contributed by atoms with van der Waals surface area (Å²) in [5, 5.41) is 8.68. The molecule has 5 heteroatoms. The number of hydrogen-bond donors (Lipinski definition) is 1. The smallest absolute Gasteiger partial charge is 0.328 e. The fraction of sp³-hybridized carbons (Fsp3) is 0.438. The molecule has 0 bridgehead atoms. The molecule has 0 aromatic heterocycles. The third kappa shape index (κ3) is 4.08. The molecule has 1 fully saturated rings. The number of carbonyl (C=O) groups is 1. The monoisotopic (exact) mass is 353 g/mol. The number of anilines is 1. The van der Waals surface area contributed by atoms with Crippen LogP contribution in [0, 0.1) is 0 Å². The Morgan fingerprint density at radius 2 is 2.33 bits per heavy atom. The van der Waals surface area contributed by atoms with Crippen LogP contribution in [0.15, 0.2) is 28.7 Å². The van der Waals surface area contributed by atoms with Crippen LogP contribution < -0.4 is 4.90 Å². The molecule has 0 saturated carbocycles. The highest BCUT2D eigenvalue weighted by atomic mass is 79.9. The van der Waals surface area contributed by atoms with Crippen molar-refractivity contribution in [3.05, 3.63) is 34.3 Å². The van der Waals surface area contributed by atoms with Gasteiger partial charge in [0.2, 0.25) is 0 Å².